The minimum Gasteiger partial charge on any atom is -0.324 e. The number of halogens is 1. The summed E-state index contributed by atoms with van der Waals surface area (Å²) >= 11 is 5.90. The Hall–Kier alpha value is -1.09. The molecule has 0 saturated heterocycles. The second-order valence-corrected chi connectivity index (χ2v) is 3.92. The molecule has 0 bridgehead atoms. The molecule has 1 atom stereocenters. The maximum Gasteiger partial charge on any atom is 0.125 e. The van der Waals surface area contributed by atoms with Gasteiger partial charge in [0.15, 0.2) is 0 Å². The Morgan fingerprint density at radius 2 is 2.33 bits per heavy atom. The van der Waals surface area contributed by atoms with E-state index in [1.54, 1.807) is 12.4 Å². The van der Waals surface area contributed by atoms with Crippen LogP contribution in [0.15, 0.2) is 18.5 Å². The molecule has 0 radical (unpaired) electrons. The molecule has 0 aliphatic heterocycles. The van der Waals surface area contributed by atoms with Crippen LogP contribution in [0, 0.1) is 0 Å². The van der Waals surface area contributed by atoms with Crippen molar-refractivity contribution < 1.29 is 0 Å². The van der Waals surface area contributed by atoms with Gasteiger partial charge in [0.1, 0.15) is 11.3 Å². The summed E-state index contributed by atoms with van der Waals surface area (Å²) in [7, 11) is 0. The molecule has 2 rings (SSSR count). The highest BCUT2D eigenvalue weighted by atomic mass is 35.5. The van der Waals surface area contributed by atoms with Crippen LogP contribution in [0.2, 0.25) is 0 Å². The molecule has 0 N–H and O–H groups in total. The summed E-state index contributed by atoms with van der Waals surface area (Å²) < 4.78 is 2.20. The fourth-order valence-corrected chi connectivity index (χ4v) is 1.96. The van der Waals surface area contributed by atoms with Crippen LogP contribution < -0.4 is 0 Å². The van der Waals surface area contributed by atoms with Crippen LogP contribution in [0.1, 0.15) is 32.1 Å². The first-order valence-corrected chi connectivity index (χ1v) is 5.68. The fourth-order valence-electron chi connectivity index (χ4n) is 1.77. The summed E-state index contributed by atoms with van der Waals surface area (Å²) in [5.74, 6) is 1.37. The number of alkyl halides is 1. The molecule has 2 aromatic heterocycles. The van der Waals surface area contributed by atoms with Gasteiger partial charge in [-0.15, -0.1) is 11.6 Å². The molecule has 0 aromatic carbocycles. The largest absolute Gasteiger partial charge is 0.324 e. The Morgan fingerprint density at radius 1 is 1.53 bits per heavy atom. The molecular weight excluding hydrogens is 210 g/mol. The first-order valence-electron chi connectivity index (χ1n) is 5.14. The highest BCUT2D eigenvalue weighted by Crippen LogP contribution is 2.23. The van der Waals surface area contributed by atoms with Gasteiger partial charge in [0.2, 0.25) is 0 Å². The van der Waals surface area contributed by atoms with Crippen molar-refractivity contribution >= 4 is 22.6 Å². The van der Waals surface area contributed by atoms with Crippen molar-refractivity contribution in [1.29, 1.82) is 0 Å². The Balaban J connectivity index is 2.66. The number of imidazole rings is 1. The Labute approximate surface area is 94.1 Å². The highest BCUT2D eigenvalue weighted by molar-refractivity contribution is 6.16. The fraction of sp³-hybridized carbons (Fsp3) is 0.455. The molecule has 15 heavy (non-hydrogen) atoms. The molecular formula is C11H14ClN3. The molecule has 0 saturated carbocycles. The lowest BCUT2D eigenvalue weighted by molar-refractivity contribution is 0.530. The molecule has 1 unspecified atom stereocenters. The van der Waals surface area contributed by atoms with Crippen LogP contribution in [0.3, 0.4) is 0 Å². The van der Waals surface area contributed by atoms with Crippen LogP contribution in [0.4, 0.5) is 0 Å². The summed E-state index contributed by atoms with van der Waals surface area (Å²) in [6, 6.07) is 2.41. The minimum atomic E-state index is 0.422. The molecule has 0 aliphatic rings. The first kappa shape index (κ1) is 10.4. The molecule has 0 spiro atoms. The van der Waals surface area contributed by atoms with Crippen LogP contribution in [0.25, 0.3) is 11.0 Å². The Kier molecular flexibility index (Phi) is 2.91. The number of aromatic nitrogens is 3. The van der Waals surface area contributed by atoms with Crippen LogP contribution in [0.5, 0.6) is 0 Å². The van der Waals surface area contributed by atoms with Gasteiger partial charge in [-0.3, -0.25) is 4.98 Å². The van der Waals surface area contributed by atoms with E-state index in [9.17, 15) is 0 Å². The Bertz CT molecular complexity index is 464. The van der Waals surface area contributed by atoms with E-state index in [0.29, 0.717) is 11.9 Å². The van der Waals surface area contributed by atoms with Gasteiger partial charge in [-0.1, -0.05) is 6.92 Å². The monoisotopic (exact) mass is 223 g/mol. The number of fused-ring (bicyclic) bond motifs is 1. The minimum absolute atomic E-state index is 0.422. The van der Waals surface area contributed by atoms with E-state index in [4.69, 9.17) is 11.6 Å². The van der Waals surface area contributed by atoms with Crippen LogP contribution in [-0.4, -0.2) is 14.5 Å². The zero-order valence-electron chi connectivity index (χ0n) is 8.94. The Morgan fingerprint density at radius 3 is 3.00 bits per heavy atom. The second kappa shape index (κ2) is 4.19. The van der Waals surface area contributed by atoms with E-state index in [1.165, 1.54) is 0 Å². The predicted molar refractivity (Wildman–Crippen MR) is 62.1 cm³/mol. The standard InChI is InChI=1S/C11H14ClN3/c1-3-8(2)15-10-4-5-13-7-9(10)14-11(15)6-12/h4-5,7-8H,3,6H2,1-2H3. The van der Waals surface area contributed by atoms with Gasteiger partial charge in [0, 0.05) is 12.2 Å². The summed E-state index contributed by atoms with van der Waals surface area (Å²) in [5, 5.41) is 0. The SMILES string of the molecule is CCC(C)n1c(CCl)nc2cnccc21. The maximum atomic E-state index is 5.90. The van der Waals surface area contributed by atoms with E-state index in [0.717, 1.165) is 23.3 Å². The van der Waals surface area contributed by atoms with Crippen molar-refractivity contribution in [2.45, 2.75) is 32.2 Å². The third-order valence-electron chi connectivity index (χ3n) is 2.72. The lowest BCUT2D eigenvalue weighted by Gasteiger charge is -2.14. The number of pyridine rings is 1. The lowest BCUT2D eigenvalue weighted by Crippen LogP contribution is -2.07. The molecule has 0 fully saturated rings. The zero-order valence-corrected chi connectivity index (χ0v) is 9.70. The molecule has 80 valence electrons. The van der Waals surface area contributed by atoms with Gasteiger partial charge >= 0.3 is 0 Å². The van der Waals surface area contributed by atoms with Crippen molar-refractivity contribution in [1.82, 2.24) is 14.5 Å². The number of hydrogen-bond donors (Lipinski definition) is 0. The first-order chi connectivity index (χ1) is 7.27. The quantitative estimate of drug-likeness (QED) is 0.749. The summed E-state index contributed by atoms with van der Waals surface area (Å²) in [6.07, 6.45) is 4.64. The van der Waals surface area contributed by atoms with Crippen molar-refractivity contribution in [3.8, 4) is 0 Å². The van der Waals surface area contributed by atoms with Crippen LogP contribution >= 0.6 is 11.6 Å². The summed E-state index contributed by atoms with van der Waals surface area (Å²) in [4.78, 5) is 8.54. The topological polar surface area (TPSA) is 30.7 Å². The van der Waals surface area contributed by atoms with Gasteiger partial charge < -0.3 is 4.57 Å². The summed E-state index contributed by atoms with van der Waals surface area (Å²) in [5.41, 5.74) is 2.04. The van der Waals surface area contributed by atoms with Gasteiger partial charge in [0.05, 0.1) is 17.6 Å². The zero-order chi connectivity index (χ0) is 10.8. The van der Waals surface area contributed by atoms with E-state index in [1.807, 2.05) is 6.07 Å². The van der Waals surface area contributed by atoms with Gasteiger partial charge in [-0.2, -0.15) is 0 Å². The number of rotatable bonds is 3. The van der Waals surface area contributed by atoms with E-state index >= 15 is 0 Å². The highest BCUT2D eigenvalue weighted by Gasteiger charge is 2.13. The molecule has 0 amide bonds. The number of nitrogens with zero attached hydrogens (tertiary/aromatic N) is 3. The molecule has 2 heterocycles. The van der Waals surface area contributed by atoms with Crippen molar-refractivity contribution in [3.63, 3.8) is 0 Å². The van der Waals surface area contributed by atoms with Gasteiger partial charge in [-0.05, 0) is 19.4 Å². The van der Waals surface area contributed by atoms with E-state index in [2.05, 4.69) is 28.4 Å². The number of hydrogen-bond acceptors (Lipinski definition) is 2. The normalized spacial score (nSPS) is 13.3. The van der Waals surface area contributed by atoms with E-state index < -0.39 is 0 Å². The molecule has 2 aromatic rings. The van der Waals surface area contributed by atoms with Crippen LogP contribution in [-0.2, 0) is 5.88 Å². The van der Waals surface area contributed by atoms with Crippen molar-refractivity contribution in [2.24, 2.45) is 0 Å². The molecule has 4 heteroatoms. The van der Waals surface area contributed by atoms with Crippen molar-refractivity contribution in [3.05, 3.63) is 24.3 Å². The average Bonchev–Trinajstić information content (AvgIpc) is 2.66. The van der Waals surface area contributed by atoms with Gasteiger partial charge in [-0.25, -0.2) is 4.98 Å². The van der Waals surface area contributed by atoms with Crippen molar-refractivity contribution in [2.75, 3.05) is 0 Å². The predicted octanol–water partition coefficient (Wildman–Crippen LogP) is 3.14. The third-order valence-corrected chi connectivity index (χ3v) is 2.96. The van der Waals surface area contributed by atoms with Gasteiger partial charge in [0.25, 0.3) is 0 Å². The average molecular weight is 224 g/mol. The molecule has 3 nitrogen and oxygen atoms in total. The third kappa shape index (κ3) is 1.72. The summed E-state index contributed by atoms with van der Waals surface area (Å²) in [6.45, 7) is 4.34. The molecule has 0 aliphatic carbocycles. The van der Waals surface area contributed by atoms with E-state index in [-0.39, 0.29) is 0 Å². The second-order valence-electron chi connectivity index (χ2n) is 3.65. The smallest absolute Gasteiger partial charge is 0.125 e. The lowest BCUT2D eigenvalue weighted by atomic mass is 10.2. The maximum absolute atomic E-state index is 5.90.